The van der Waals surface area contributed by atoms with E-state index in [4.69, 9.17) is 9.47 Å². The van der Waals surface area contributed by atoms with Crippen molar-refractivity contribution in [2.24, 2.45) is 4.40 Å². The van der Waals surface area contributed by atoms with Crippen molar-refractivity contribution >= 4 is 28.0 Å². The van der Waals surface area contributed by atoms with Crippen LogP contribution in [-0.2, 0) is 15.7 Å². The summed E-state index contributed by atoms with van der Waals surface area (Å²) in [7, 11) is 0.325. The summed E-state index contributed by atoms with van der Waals surface area (Å²) in [4.78, 5) is 0. The molecule has 0 aliphatic rings. The lowest BCUT2D eigenvalue weighted by molar-refractivity contribution is 0.146. The zero-order valence-electron chi connectivity index (χ0n) is 14.4. The van der Waals surface area contributed by atoms with E-state index in [-0.39, 0.29) is 0 Å². The van der Waals surface area contributed by atoms with Crippen LogP contribution in [0.1, 0.15) is 31.9 Å². The van der Waals surface area contributed by atoms with E-state index < -0.39 is 15.7 Å². The Bertz CT molecular complexity index is 686. The molecule has 130 valence electrons. The first-order valence-electron chi connectivity index (χ1n) is 7.67. The number of rotatable bonds is 7. The highest BCUT2D eigenvalue weighted by atomic mass is 32.2. The van der Waals surface area contributed by atoms with Gasteiger partial charge in [0.05, 0.1) is 17.1 Å². The van der Waals surface area contributed by atoms with Crippen molar-refractivity contribution in [2.75, 3.05) is 20.3 Å². The van der Waals surface area contributed by atoms with Crippen LogP contribution in [-0.4, -0.2) is 35.0 Å². The maximum absolute atomic E-state index is 12.5. The third-order valence-corrected chi connectivity index (χ3v) is 5.26. The van der Waals surface area contributed by atoms with Crippen molar-refractivity contribution in [2.45, 2.75) is 25.5 Å². The highest BCUT2D eigenvalue weighted by Gasteiger charge is 2.21. The molecule has 1 aromatic carbocycles. The molecular formula is C18H23NO3S2. The van der Waals surface area contributed by atoms with Gasteiger partial charge in [0.25, 0.3) is 0 Å². The normalized spacial score (nSPS) is 13.8. The van der Waals surface area contributed by atoms with Crippen LogP contribution in [0.3, 0.4) is 0 Å². The van der Waals surface area contributed by atoms with E-state index >= 15 is 0 Å². The van der Waals surface area contributed by atoms with Crippen LogP contribution in [0, 0.1) is 0 Å². The molecule has 1 atom stereocenters. The van der Waals surface area contributed by atoms with Gasteiger partial charge in [-0.05, 0) is 56.5 Å². The number of benzene rings is 1. The monoisotopic (exact) mass is 365 g/mol. The molecule has 6 heteroatoms. The largest absolute Gasteiger partial charge is 0.491 e. The molecule has 1 heterocycles. The van der Waals surface area contributed by atoms with Crippen molar-refractivity contribution in [1.82, 2.24) is 0 Å². The zero-order chi connectivity index (χ0) is 17.6. The Hall–Kier alpha value is -1.50. The Labute approximate surface area is 150 Å². The van der Waals surface area contributed by atoms with Crippen LogP contribution >= 0.6 is 11.3 Å². The molecule has 24 heavy (non-hydrogen) atoms. The Morgan fingerprint density at radius 1 is 1.12 bits per heavy atom. The quantitative estimate of drug-likeness (QED) is 0.549. The zero-order valence-corrected chi connectivity index (χ0v) is 16.1. The van der Waals surface area contributed by atoms with Crippen LogP contribution in [0.25, 0.3) is 0 Å². The van der Waals surface area contributed by atoms with Gasteiger partial charge in [-0.2, -0.15) is 15.7 Å². The van der Waals surface area contributed by atoms with Crippen molar-refractivity contribution in [3.8, 4) is 5.75 Å². The Balaban J connectivity index is 2.28. The molecular weight excluding hydrogens is 342 g/mol. The summed E-state index contributed by atoms with van der Waals surface area (Å²) in [5.41, 5.74) is 2.64. The molecule has 2 rings (SSSR count). The summed E-state index contributed by atoms with van der Waals surface area (Å²) in [6, 6.07) is 9.67. The van der Waals surface area contributed by atoms with Crippen molar-refractivity contribution < 1.29 is 13.7 Å². The van der Waals surface area contributed by atoms with Crippen molar-refractivity contribution in [3.63, 3.8) is 0 Å². The minimum atomic E-state index is -1.32. The number of thiophene rings is 1. The van der Waals surface area contributed by atoms with E-state index in [1.807, 2.05) is 61.9 Å². The van der Waals surface area contributed by atoms with Gasteiger partial charge in [-0.3, -0.25) is 0 Å². The standard InChI is InChI=1S/C18H23NO3S2/c1-18(2,3)24(20)19-17(15-9-12-23-13-15)14-5-7-16(8-6-14)22-11-10-21-4/h5-9,12-13H,10-11H2,1-4H3/b19-17-. The molecule has 0 N–H and O–H groups in total. The van der Waals surface area contributed by atoms with Gasteiger partial charge in [-0.25, -0.2) is 4.21 Å². The number of methoxy groups -OCH3 is 1. The first-order chi connectivity index (χ1) is 11.4. The van der Waals surface area contributed by atoms with Crippen LogP contribution in [0.2, 0.25) is 0 Å². The molecule has 1 unspecified atom stereocenters. The summed E-state index contributed by atoms with van der Waals surface area (Å²) in [5, 5.41) is 4.01. The summed E-state index contributed by atoms with van der Waals surface area (Å²) in [6.07, 6.45) is 0. The molecule has 0 amide bonds. The van der Waals surface area contributed by atoms with Gasteiger partial charge in [-0.1, -0.05) is 0 Å². The molecule has 0 aliphatic heterocycles. The summed E-state index contributed by atoms with van der Waals surface area (Å²) in [6.45, 7) is 6.82. The van der Waals surface area contributed by atoms with E-state index in [9.17, 15) is 4.21 Å². The van der Waals surface area contributed by atoms with Crippen molar-refractivity contribution in [1.29, 1.82) is 0 Å². The minimum absolute atomic E-state index is 0.398. The first kappa shape index (κ1) is 18.8. The molecule has 0 aliphatic carbocycles. The van der Waals surface area contributed by atoms with E-state index in [0.717, 1.165) is 22.6 Å². The second-order valence-corrected chi connectivity index (χ2v) is 8.86. The lowest BCUT2D eigenvalue weighted by Crippen LogP contribution is -2.21. The molecule has 0 saturated heterocycles. The second-order valence-electron chi connectivity index (χ2n) is 6.18. The Morgan fingerprint density at radius 2 is 1.83 bits per heavy atom. The molecule has 0 saturated carbocycles. The van der Waals surface area contributed by atoms with Crippen LogP contribution < -0.4 is 4.74 Å². The van der Waals surface area contributed by atoms with Crippen LogP contribution in [0.5, 0.6) is 5.75 Å². The maximum Gasteiger partial charge on any atom is 0.145 e. The smallest absolute Gasteiger partial charge is 0.145 e. The molecule has 0 fully saturated rings. The predicted molar refractivity (Wildman–Crippen MR) is 102 cm³/mol. The number of ether oxygens (including phenoxy) is 2. The SMILES string of the molecule is COCCOc1ccc(/C(=N/S(=O)C(C)(C)C)c2ccsc2)cc1. The van der Waals surface area contributed by atoms with Gasteiger partial charge in [0.1, 0.15) is 23.3 Å². The second kappa shape index (κ2) is 8.55. The molecule has 1 aromatic heterocycles. The number of hydrogen-bond donors (Lipinski definition) is 0. The third-order valence-electron chi connectivity index (χ3n) is 3.18. The average molecular weight is 366 g/mol. The molecule has 4 nitrogen and oxygen atoms in total. The lowest BCUT2D eigenvalue weighted by Gasteiger charge is -2.15. The van der Waals surface area contributed by atoms with Gasteiger partial charge in [0, 0.05) is 23.6 Å². The Morgan fingerprint density at radius 3 is 2.38 bits per heavy atom. The van der Waals surface area contributed by atoms with Gasteiger partial charge in [0.15, 0.2) is 0 Å². The third kappa shape index (κ3) is 5.26. The van der Waals surface area contributed by atoms with E-state index in [2.05, 4.69) is 4.40 Å². The summed E-state index contributed by atoms with van der Waals surface area (Å²) in [5.74, 6) is 0.775. The maximum atomic E-state index is 12.5. The topological polar surface area (TPSA) is 47.9 Å². The Kier molecular flexibility index (Phi) is 6.71. The molecule has 2 aromatic rings. The number of hydrogen-bond acceptors (Lipinski definition) is 4. The highest BCUT2D eigenvalue weighted by Crippen LogP contribution is 2.21. The van der Waals surface area contributed by atoms with E-state index in [0.29, 0.717) is 13.2 Å². The molecule has 0 spiro atoms. The fourth-order valence-electron chi connectivity index (χ4n) is 1.84. The predicted octanol–water partition coefficient (Wildman–Crippen LogP) is 4.07. The fraction of sp³-hybridized carbons (Fsp3) is 0.389. The molecule has 0 bridgehead atoms. The first-order valence-corrected chi connectivity index (χ1v) is 9.72. The van der Waals surface area contributed by atoms with Gasteiger partial charge < -0.3 is 9.47 Å². The van der Waals surface area contributed by atoms with Gasteiger partial charge >= 0.3 is 0 Å². The minimum Gasteiger partial charge on any atom is -0.491 e. The van der Waals surface area contributed by atoms with Crippen LogP contribution in [0.15, 0.2) is 45.5 Å². The number of nitrogens with zero attached hydrogens (tertiary/aromatic N) is 1. The van der Waals surface area contributed by atoms with Crippen LogP contribution in [0.4, 0.5) is 0 Å². The van der Waals surface area contributed by atoms with Crippen molar-refractivity contribution in [3.05, 3.63) is 52.2 Å². The molecule has 0 radical (unpaired) electrons. The fourth-order valence-corrected chi connectivity index (χ4v) is 3.13. The van der Waals surface area contributed by atoms with E-state index in [1.54, 1.807) is 18.4 Å². The summed E-state index contributed by atoms with van der Waals surface area (Å²) >= 11 is 1.60. The average Bonchev–Trinajstić information content (AvgIpc) is 3.06. The van der Waals surface area contributed by atoms with E-state index in [1.165, 1.54) is 0 Å². The van der Waals surface area contributed by atoms with Gasteiger partial charge in [-0.15, -0.1) is 0 Å². The van der Waals surface area contributed by atoms with Gasteiger partial charge in [0.2, 0.25) is 0 Å². The summed E-state index contributed by atoms with van der Waals surface area (Å²) < 4.78 is 27.1. The highest BCUT2D eigenvalue weighted by molar-refractivity contribution is 7.85. The lowest BCUT2D eigenvalue weighted by atomic mass is 10.1.